The second-order valence-electron chi connectivity index (χ2n) is 7.78. The molecule has 2 aliphatic rings. The molecule has 2 unspecified atom stereocenters. The van der Waals surface area contributed by atoms with Gasteiger partial charge in [-0.2, -0.15) is 0 Å². The SMILES string of the molecule is CCCCC1(c2ccccc2)NC(=O)N(CC(=O)N2CCCC(C)C2)C1=O. The molecule has 1 aromatic carbocycles. The van der Waals surface area contributed by atoms with Gasteiger partial charge in [-0.05, 0) is 30.7 Å². The van der Waals surface area contributed by atoms with Crippen LogP contribution in [0, 0.1) is 5.92 Å². The molecule has 1 N–H and O–H groups in total. The summed E-state index contributed by atoms with van der Waals surface area (Å²) in [6, 6.07) is 8.88. The monoisotopic (exact) mass is 371 g/mol. The molecule has 2 atom stereocenters. The maximum absolute atomic E-state index is 13.3. The Labute approximate surface area is 160 Å². The highest BCUT2D eigenvalue weighted by atomic mass is 16.2. The van der Waals surface area contributed by atoms with Crippen molar-refractivity contribution in [2.75, 3.05) is 19.6 Å². The van der Waals surface area contributed by atoms with Crippen LogP contribution in [0.15, 0.2) is 30.3 Å². The van der Waals surface area contributed by atoms with Crippen LogP contribution < -0.4 is 5.32 Å². The third-order valence-corrected chi connectivity index (χ3v) is 5.65. The van der Waals surface area contributed by atoms with E-state index in [-0.39, 0.29) is 18.4 Å². The number of likely N-dealkylation sites (tertiary alicyclic amines) is 1. The minimum atomic E-state index is -1.07. The Bertz CT molecular complexity index is 706. The molecule has 27 heavy (non-hydrogen) atoms. The highest BCUT2D eigenvalue weighted by Crippen LogP contribution is 2.34. The lowest BCUT2D eigenvalue weighted by molar-refractivity contribution is -0.140. The van der Waals surface area contributed by atoms with Gasteiger partial charge >= 0.3 is 6.03 Å². The van der Waals surface area contributed by atoms with E-state index in [2.05, 4.69) is 19.2 Å². The topological polar surface area (TPSA) is 69.7 Å². The summed E-state index contributed by atoms with van der Waals surface area (Å²) in [5.74, 6) is -0.00580. The lowest BCUT2D eigenvalue weighted by atomic mass is 9.85. The third-order valence-electron chi connectivity index (χ3n) is 5.65. The first-order valence-electron chi connectivity index (χ1n) is 9.95. The Morgan fingerprint density at radius 3 is 2.67 bits per heavy atom. The number of urea groups is 1. The molecule has 6 heteroatoms. The average Bonchev–Trinajstić information content (AvgIpc) is 2.92. The molecule has 0 saturated carbocycles. The van der Waals surface area contributed by atoms with Crippen LogP contribution in [0.2, 0.25) is 0 Å². The van der Waals surface area contributed by atoms with E-state index in [4.69, 9.17) is 0 Å². The minimum Gasteiger partial charge on any atom is -0.341 e. The molecule has 3 rings (SSSR count). The van der Waals surface area contributed by atoms with E-state index in [1.165, 1.54) is 0 Å². The van der Waals surface area contributed by atoms with Crippen LogP contribution in [-0.4, -0.2) is 47.3 Å². The summed E-state index contributed by atoms with van der Waals surface area (Å²) >= 11 is 0. The normalized spacial score (nSPS) is 25.6. The van der Waals surface area contributed by atoms with Crippen molar-refractivity contribution in [2.24, 2.45) is 5.92 Å². The fourth-order valence-corrected chi connectivity index (χ4v) is 4.09. The predicted octanol–water partition coefficient (Wildman–Crippen LogP) is 2.88. The largest absolute Gasteiger partial charge is 0.341 e. The molecule has 2 saturated heterocycles. The van der Waals surface area contributed by atoms with Gasteiger partial charge in [-0.1, -0.05) is 57.0 Å². The van der Waals surface area contributed by atoms with Crippen LogP contribution in [0.25, 0.3) is 0 Å². The van der Waals surface area contributed by atoms with Crippen molar-refractivity contribution in [3.05, 3.63) is 35.9 Å². The van der Waals surface area contributed by atoms with E-state index in [0.29, 0.717) is 25.4 Å². The van der Waals surface area contributed by atoms with Gasteiger partial charge in [0.25, 0.3) is 5.91 Å². The van der Waals surface area contributed by atoms with Gasteiger partial charge in [0.1, 0.15) is 12.1 Å². The highest BCUT2D eigenvalue weighted by molar-refractivity contribution is 6.09. The molecular weight excluding hydrogens is 342 g/mol. The number of nitrogens with zero attached hydrogens (tertiary/aromatic N) is 2. The molecule has 0 aliphatic carbocycles. The second kappa shape index (κ2) is 8.11. The Kier molecular flexibility index (Phi) is 5.82. The van der Waals surface area contributed by atoms with Crippen molar-refractivity contribution < 1.29 is 14.4 Å². The minimum absolute atomic E-state index is 0.149. The van der Waals surface area contributed by atoms with Crippen molar-refractivity contribution in [1.29, 1.82) is 0 Å². The molecular formula is C21H29N3O3. The number of benzene rings is 1. The van der Waals surface area contributed by atoms with Crippen LogP contribution in [0.5, 0.6) is 0 Å². The van der Waals surface area contributed by atoms with Crippen LogP contribution in [0.4, 0.5) is 4.79 Å². The van der Waals surface area contributed by atoms with Gasteiger partial charge in [-0.25, -0.2) is 4.79 Å². The Hall–Kier alpha value is -2.37. The summed E-state index contributed by atoms with van der Waals surface area (Å²) in [5, 5.41) is 2.90. The van der Waals surface area contributed by atoms with Crippen molar-refractivity contribution in [3.8, 4) is 0 Å². The zero-order valence-corrected chi connectivity index (χ0v) is 16.2. The first-order valence-corrected chi connectivity index (χ1v) is 9.95. The van der Waals surface area contributed by atoms with Crippen LogP contribution in [-0.2, 0) is 15.1 Å². The Morgan fingerprint density at radius 1 is 1.26 bits per heavy atom. The van der Waals surface area contributed by atoms with E-state index in [1.54, 1.807) is 4.90 Å². The Morgan fingerprint density at radius 2 is 2.00 bits per heavy atom. The maximum Gasteiger partial charge on any atom is 0.325 e. The van der Waals surface area contributed by atoms with Gasteiger partial charge in [0, 0.05) is 13.1 Å². The van der Waals surface area contributed by atoms with Crippen LogP contribution >= 0.6 is 0 Å². The smallest absolute Gasteiger partial charge is 0.325 e. The summed E-state index contributed by atoms with van der Waals surface area (Å²) in [6.07, 6.45) is 4.34. The lowest BCUT2D eigenvalue weighted by Crippen LogP contribution is -2.47. The van der Waals surface area contributed by atoms with Gasteiger partial charge in [-0.3, -0.25) is 14.5 Å². The fourth-order valence-electron chi connectivity index (χ4n) is 4.09. The molecule has 2 aliphatic heterocycles. The van der Waals surface area contributed by atoms with E-state index in [1.807, 2.05) is 30.3 Å². The first-order chi connectivity index (χ1) is 13.0. The quantitative estimate of drug-likeness (QED) is 0.782. The van der Waals surface area contributed by atoms with Gasteiger partial charge in [0.05, 0.1) is 0 Å². The molecule has 0 aromatic heterocycles. The summed E-state index contributed by atoms with van der Waals surface area (Å²) < 4.78 is 0. The first kappa shape index (κ1) is 19.4. The lowest BCUT2D eigenvalue weighted by Gasteiger charge is -2.32. The molecule has 4 amide bonds. The molecule has 0 spiro atoms. The van der Waals surface area contributed by atoms with E-state index in [0.717, 1.165) is 36.1 Å². The van der Waals surface area contributed by atoms with E-state index < -0.39 is 11.6 Å². The number of rotatable bonds is 6. The van der Waals surface area contributed by atoms with E-state index >= 15 is 0 Å². The molecule has 2 heterocycles. The summed E-state index contributed by atoms with van der Waals surface area (Å²) in [6.45, 7) is 5.39. The number of unbranched alkanes of at least 4 members (excludes halogenated alkanes) is 1. The van der Waals surface area contributed by atoms with Gasteiger partial charge in [0.2, 0.25) is 5.91 Å². The van der Waals surface area contributed by atoms with Gasteiger partial charge in [0.15, 0.2) is 0 Å². The van der Waals surface area contributed by atoms with Crippen molar-refractivity contribution in [2.45, 2.75) is 51.5 Å². The molecule has 2 fully saturated rings. The molecule has 146 valence electrons. The van der Waals surface area contributed by atoms with Crippen molar-refractivity contribution >= 4 is 17.8 Å². The summed E-state index contributed by atoms with van der Waals surface area (Å²) in [4.78, 5) is 41.5. The van der Waals surface area contributed by atoms with Gasteiger partial charge in [-0.15, -0.1) is 0 Å². The molecule has 6 nitrogen and oxygen atoms in total. The molecule has 1 aromatic rings. The third kappa shape index (κ3) is 3.84. The van der Waals surface area contributed by atoms with Crippen molar-refractivity contribution in [3.63, 3.8) is 0 Å². The van der Waals surface area contributed by atoms with E-state index in [9.17, 15) is 14.4 Å². The number of carbonyl (C=O) groups is 3. The average molecular weight is 371 g/mol. The second-order valence-corrected chi connectivity index (χ2v) is 7.78. The van der Waals surface area contributed by atoms with Crippen LogP contribution in [0.3, 0.4) is 0 Å². The van der Waals surface area contributed by atoms with Gasteiger partial charge < -0.3 is 10.2 Å². The number of hydrogen-bond acceptors (Lipinski definition) is 3. The molecule has 0 radical (unpaired) electrons. The number of imide groups is 1. The number of piperidine rings is 1. The highest BCUT2D eigenvalue weighted by Gasteiger charge is 2.52. The Balaban J connectivity index is 1.80. The van der Waals surface area contributed by atoms with Crippen LogP contribution in [0.1, 0.15) is 51.5 Å². The van der Waals surface area contributed by atoms with Crippen molar-refractivity contribution in [1.82, 2.24) is 15.1 Å². The number of amides is 4. The number of hydrogen-bond donors (Lipinski definition) is 1. The fraction of sp³-hybridized carbons (Fsp3) is 0.571. The summed E-state index contributed by atoms with van der Waals surface area (Å²) in [7, 11) is 0. The molecule has 0 bridgehead atoms. The standard InChI is InChI=1S/C21H29N3O3/c1-3-4-12-21(17-10-6-5-7-11-17)19(26)24(20(27)22-21)15-18(25)23-13-8-9-16(2)14-23/h5-7,10-11,16H,3-4,8-9,12-15H2,1-2H3,(H,22,27). The predicted molar refractivity (Wildman–Crippen MR) is 103 cm³/mol. The maximum atomic E-state index is 13.3. The number of nitrogens with one attached hydrogen (secondary N) is 1. The summed E-state index contributed by atoms with van der Waals surface area (Å²) in [5.41, 5.74) is -0.289. The number of carbonyl (C=O) groups excluding carboxylic acids is 3. The zero-order chi connectivity index (χ0) is 19.4. The zero-order valence-electron chi connectivity index (χ0n) is 16.2.